The summed E-state index contributed by atoms with van der Waals surface area (Å²) in [6, 6.07) is 3.47. The Morgan fingerprint density at radius 3 is 2.67 bits per heavy atom. The first kappa shape index (κ1) is 13.5. The molecule has 0 bridgehead atoms. The van der Waals surface area contributed by atoms with Crippen molar-refractivity contribution in [2.24, 2.45) is 0 Å². The van der Waals surface area contributed by atoms with Gasteiger partial charge in [0.15, 0.2) is 11.5 Å². The molecule has 4 nitrogen and oxygen atoms in total. The number of halogens is 3. The SMILES string of the molecule is OCC(F)(F)CNCc1cc2c(cc1Br)OCO2. The number of aliphatic hydroxyl groups excluding tert-OH is 1. The average molecular weight is 324 g/mol. The van der Waals surface area contributed by atoms with Gasteiger partial charge in [0, 0.05) is 11.0 Å². The highest BCUT2D eigenvalue weighted by Gasteiger charge is 2.27. The molecule has 7 heteroatoms. The summed E-state index contributed by atoms with van der Waals surface area (Å²) < 4.78 is 36.8. The molecule has 0 fully saturated rings. The van der Waals surface area contributed by atoms with E-state index >= 15 is 0 Å². The summed E-state index contributed by atoms with van der Waals surface area (Å²) in [6.45, 7) is -1.33. The minimum absolute atomic E-state index is 0.168. The molecule has 2 rings (SSSR count). The van der Waals surface area contributed by atoms with Crippen LogP contribution in [0.5, 0.6) is 11.5 Å². The van der Waals surface area contributed by atoms with Crippen LogP contribution in [0.2, 0.25) is 0 Å². The minimum Gasteiger partial charge on any atom is -0.454 e. The van der Waals surface area contributed by atoms with Gasteiger partial charge in [-0.3, -0.25) is 0 Å². The van der Waals surface area contributed by atoms with Crippen LogP contribution in [0.15, 0.2) is 16.6 Å². The Balaban J connectivity index is 1.98. The molecule has 1 heterocycles. The van der Waals surface area contributed by atoms with E-state index in [1.54, 1.807) is 12.1 Å². The fraction of sp³-hybridized carbons (Fsp3) is 0.455. The Labute approximate surface area is 111 Å². The number of hydrogen-bond donors (Lipinski definition) is 2. The maximum absolute atomic E-state index is 12.8. The van der Waals surface area contributed by atoms with Crippen LogP contribution in [0, 0.1) is 0 Å². The predicted molar refractivity (Wildman–Crippen MR) is 64.0 cm³/mol. The van der Waals surface area contributed by atoms with E-state index in [1.807, 2.05) is 0 Å². The van der Waals surface area contributed by atoms with E-state index in [2.05, 4.69) is 21.2 Å². The molecule has 0 atom stereocenters. The first-order chi connectivity index (χ1) is 8.52. The maximum atomic E-state index is 12.8. The zero-order chi connectivity index (χ0) is 13.2. The Morgan fingerprint density at radius 2 is 2.00 bits per heavy atom. The molecule has 0 saturated heterocycles. The molecule has 0 amide bonds. The zero-order valence-electron chi connectivity index (χ0n) is 9.38. The summed E-state index contributed by atoms with van der Waals surface area (Å²) in [5.74, 6) is -1.88. The van der Waals surface area contributed by atoms with E-state index in [1.165, 1.54) is 0 Å². The molecular formula is C11H12BrF2NO3. The minimum atomic E-state index is -3.11. The molecule has 0 spiro atoms. The standard InChI is InChI=1S/C11H12BrF2NO3/c12-8-2-10-9(17-6-18-10)1-7(8)3-15-4-11(13,14)5-16/h1-2,15-16H,3-6H2. The highest BCUT2D eigenvalue weighted by atomic mass is 79.9. The smallest absolute Gasteiger partial charge is 0.282 e. The fourth-order valence-corrected chi connectivity index (χ4v) is 1.99. The molecule has 0 unspecified atom stereocenters. The van der Waals surface area contributed by atoms with Gasteiger partial charge in [0.05, 0.1) is 6.54 Å². The number of benzene rings is 1. The Morgan fingerprint density at radius 1 is 1.33 bits per heavy atom. The third-order valence-corrected chi connectivity index (χ3v) is 3.21. The van der Waals surface area contributed by atoms with Crippen molar-refractivity contribution in [3.05, 3.63) is 22.2 Å². The second-order valence-corrected chi connectivity index (χ2v) is 4.77. The number of hydrogen-bond acceptors (Lipinski definition) is 4. The number of aliphatic hydroxyl groups is 1. The average Bonchev–Trinajstić information content (AvgIpc) is 2.76. The Hall–Kier alpha value is -0.920. The molecule has 1 aliphatic heterocycles. The second-order valence-electron chi connectivity index (χ2n) is 3.91. The lowest BCUT2D eigenvalue weighted by molar-refractivity contribution is -0.0477. The fourth-order valence-electron chi connectivity index (χ4n) is 1.53. The molecule has 0 aromatic heterocycles. The third kappa shape index (κ3) is 3.09. The van der Waals surface area contributed by atoms with Gasteiger partial charge in [-0.2, -0.15) is 0 Å². The van der Waals surface area contributed by atoms with Crippen LogP contribution in [0.4, 0.5) is 8.78 Å². The van der Waals surface area contributed by atoms with Crippen molar-refractivity contribution >= 4 is 15.9 Å². The topological polar surface area (TPSA) is 50.7 Å². The van der Waals surface area contributed by atoms with Gasteiger partial charge in [-0.1, -0.05) is 15.9 Å². The van der Waals surface area contributed by atoms with Gasteiger partial charge >= 0.3 is 0 Å². The lowest BCUT2D eigenvalue weighted by Crippen LogP contribution is -2.35. The van der Waals surface area contributed by atoms with E-state index < -0.39 is 19.1 Å². The molecule has 18 heavy (non-hydrogen) atoms. The van der Waals surface area contributed by atoms with Crippen molar-refractivity contribution < 1.29 is 23.4 Å². The second kappa shape index (κ2) is 5.38. The number of ether oxygens (including phenoxy) is 2. The highest BCUT2D eigenvalue weighted by Crippen LogP contribution is 2.36. The number of fused-ring (bicyclic) bond motifs is 1. The van der Waals surface area contributed by atoms with Crippen molar-refractivity contribution in [3.63, 3.8) is 0 Å². The van der Waals surface area contributed by atoms with Crippen LogP contribution in [-0.4, -0.2) is 31.0 Å². The molecule has 0 aliphatic carbocycles. The largest absolute Gasteiger partial charge is 0.454 e. The van der Waals surface area contributed by atoms with E-state index in [0.717, 1.165) is 10.0 Å². The Kier molecular flexibility index (Phi) is 4.04. The number of alkyl halides is 2. The number of nitrogens with one attached hydrogen (secondary N) is 1. The van der Waals surface area contributed by atoms with E-state index in [0.29, 0.717) is 11.5 Å². The van der Waals surface area contributed by atoms with Crippen LogP contribution in [0.25, 0.3) is 0 Å². The maximum Gasteiger partial charge on any atom is 0.282 e. The first-order valence-corrected chi connectivity index (χ1v) is 6.08. The lowest BCUT2D eigenvalue weighted by atomic mass is 10.2. The Bertz CT molecular complexity index is 443. The monoisotopic (exact) mass is 323 g/mol. The van der Waals surface area contributed by atoms with Crippen molar-refractivity contribution in [1.29, 1.82) is 0 Å². The molecule has 1 aromatic rings. The molecular weight excluding hydrogens is 312 g/mol. The summed E-state index contributed by atoms with van der Waals surface area (Å²) in [5, 5.41) is 11.0. The van der Waals surface area contributed by atoms with Gasteiger partial charge in [-0.25, -0.2) is 8.78 Å². The van der Waals surface area contributed by atoms with Crippen LogP contribution in [-0.2, 0) is 6.54 Å². The quantitative estimate of drug-likeness (QED) is 0.869. The van der Waals surface area contributed by atoms with Crippen LogP contribution >= 0.6 is 15.9 Å². The summed E-state index contributed by atoms with van der Waals surface area (Å²) in [7, 11) is 0. The molecule has 0 saturated carbocycles. The number of rotatable bonds is 5. The van der Waals surface area contributed by atoms with Crippen molar-refractivity contribution in [3.8, 4) is 11.5 Å². The van der Waals surface area contributed by atoms with E-state index in [9.17, 15) is 8.78 Å². The van der Waals surface area contributed by atoms with Crippen LogP contribution in [0.1, 0.15) is 5.56 Å². The molecule has 2 N–H and O–H groups in total. The molecule has 1 aliphatic rings. The summed E-state index contributed by atoms with van der Waals surface area (Å²) in [5.41, 5.74) is 0.785. The molecule has 100 valence electrons. The van der Waals surface area contributed by atoms with Crippen LogP contribution < -0.4 is 14.8 Å². The van der Waals surface area contributed by atoms with E-state index in [4.69, 9.17) is 14.6 Å². The normalized spacial score (nSPS) is 14.0. The van der Waals surface area contributed by atoms with Crippen molar-refractivity contribution in [2.45, 2.75) is 12.5 Å². The van der Waals surface area contributed by atoms with Gasteiger partial charge in [-0.05, 0) is 17.7 Å². The van der Waals surface area contributed by atoms with Gasteiger partial charge in [0.25, 0.3) is 5.92 Å². The van der Waals surface area contributed by atoms with E-state index in [-0.39, 0.29) is 13.3 Å². The summed E-state index contributed by atoms with van der Waals surface area (Å²) in [6.07, 6.45) is 0. The highest BCUT2D eigenvalue weighted by molar-refractivity contribution is 9.10. The van der Waals surface area contributed by atoms with Gasteiger partial charge < -0.3 is 19.9 Å². The van der Waals surface area contributed by atoms with Crippen molar-refractivity contribution in [1.82, 2.24) is 5.32 Å². The van der Waals surface area contributed by atoms with Crippen molar-refractivity contribution in [2.75, 3.05) is 19.9 Å². The predicted octanol–water partition coefficient (Wildman–Crippen LogP) is 1.90. The molecule has 0 radical (unpaired) electrons. The summed E-state index contributed by atoms with van der Waals surface area (Å²) >= 11 is 3.34. The first-order valence-electron chi connectivity index (χ1n) is 5.29. The van der Waals surface area contributed by atoms with Gasteiger partial charge in [0.1, 0.15) is 6.61 Å². The zero-order valence-corrected chi connectivity index (χ0v) is 11.0. The van der Waals surface area contributed by atoms with Crippen LogP contribution in [0.3, 0.4) is 0 Å². The summed E-state index contributed by atoms with van der Waals surface area (Å²) in [4.78, 5) is 0. The molecule has 1 aromatic carbocycles. The third-order valence-electron chi connectivity index (χ3n) is 2.47. The van der Waals surface area contributed by atoms with Gasteiger partial charge in [0.2, 0.25) is 6.79 Å². The van der Waals surface area contributed by atoms with Gasteiger partial charge in [-0.15, -0.1) is 0 Å². The lowest BCUT2D eigenvalue weighted by Gasteiger charge is -2.14.